The Labute approximate surface area is 156 Å². The fraction of sp³-hybridized carbons (Fsp3) is 0.0476. The topological polar surface area (TPSA) is 79.0 Å². The number of rotatable bonds is 6. The van der Waals surface area contributed by atoms with Crippen molar-refractivity contribution in [3.8, 4) is 11.1 Å². The van der Waals surface area contributed by atoms with Crippen LogP contribution in [0.15, 0.2) is 72.9 Å². The molecule has 0 aliphatic carbocycles. The molecule has 0 bridgehead atoms. The predicted molar refractivity (Wildman–Crippen MR) is 106 cm³/mol. The maximum Gasteiger partial charge on any atom is 0.261 e. The zero-order valence-corrected chi connectivity index (χ0v) is 14.8. The Morgan fingerprint density at radius 1 is 1.22 bits per heavy atom. The first-order valence-corrected chi connectivity index (χ1v) is 7.97. The number of benzene rings is 2. The molecule has 0 aliphatic rings. The van der Waals surface area contributed by atoms with Crippen molar-refractivity contribution in [1.82, 2.24) is 0 Å². The zero-order chi connectivity index (χ0) is 20.1. The summed E-state index contributed by atoms with van der Waals surface area (Å²) in [5.74, 6) is -3.23. The number of hydrogen-bond acceptors (Lipinski definition) is 3. The van der Waals surface area contributed by atoms with Crippen molar-refractivity contribution in [3.05, 3.63) is 84.0 Å². The molecule has 2 aromatic rings. The molecule has 2 aromatic carbocycles. The standard InChI is InChI=1S/C21H19F2N3O/c1-4-18(23)20(13(3)22)21(27)26-16-7-5-14(6-8-16)17-10-19(25)15(11-24)9-12(17)2/h4-11,24H,1,3,25H2,2H3,(H,26,27)/b20-18-,24-11?. The number of amides is 1. The van der Waals surface area contributed by atoms with Gasteiger partial charge in [0.25, 0.3) is 5.91 Å². The van der Waals surface area contributed by atoms with Crippen LogP contribution in [0.3, 0.4) is 0 Å². The molecule has 6 heteroatoms. The van der Waals surface area contributed by atoms with E-state index >= 15 is 0 Å². The monoisotopic (exact) mass is 367 g/mol. The Morgan fingerprint density at radius 2 is 1.85 bits per heavy atom. The fourth-order valence-corrected chi connectivity index (χ4v) is 2.57. The molecule has 0 saturated heterocycles. The average Bonchev–Trinajstić information content (AvgIpc) is 2.63. The van der Waals surface area contributed by atoms with Gasteiger partial charge in [-0.2, -0.15) is 0 Å². The molecular formula is C21H19F2N3O. The minimum Gasteiger partial charge on any atom is -0.398 e. The minimum atomic E-state index is -1.18. The van der Waals surface area contributed by atoms with Crippen LogP contribution in [-0.2, 0) is 4.79 Å². The highest BCUT2D eigenvalue weighted by Crippen LogP contribution is 2.29. The number of anilines is 2. The van der Waals surface area contributed by atoms with Gasteiger partial charge in [-0.25, -0.2) is 8.78 Å². The first-order chi connectivity index (χ1) is 12.8. The lowest BCUT2D eigenvalue weighted by Gasteiger charge is -2.11. The third-order valence-electron chi connectivity index (χ3n) is 3.96. The van der Waals surface area contributed by atoms with E-state index in [1.54, 1.807) is 30.3 Å². The second-order valence-corrected chi connectivity index (χ2v) is 5.80. The van der Waals surface area contributed by atoms with Crippen LogP contribution in [0.1, 0.15) is 11.1 Å². The Kier molecular flexibility index (Phi) is 6.03. The molecule has 4 nitrogen and oxygen atoms in total. The molecule has 0 radical (unpaired) electrons. The Hall–Kier alpha value is -3.54. The van der Waals surface area contributed by atoms with Crippen LogP contribution in [0.4, 0.5) is 20.2 Å². The highest BCUT2D eigenvalue weighted by Gasteiger charge is 2.18. The summed E-state index contributed by atoms with van der Waals surface area (Å²) in [6.45, 7) is 8.06. The summed E-state index contributed by atoms with van der Waals surface area (Å²) in [6.07, 6.45) is 1.94. The minimum absolute atomic E-state index is 0.362. The lowest BCUT2D eigenvalue weighted by atomic mass is 9.97. The third-order valence-corrected chi connectivity index (χ3v) is 3.96. The highest BCUT2D eigenvalue weighted by molar-refractivity contribution is 6.07. The summed E-state index contributed by atoms with van der Waals surface area (Å²) in [4.78, 5) is 12.1. The largest absolute Gasteiger partial charge is 0.398 e. The molecule has 0 saturated carbocycles. The number of nitrogens with two attached hydrogens (primary N) is 1. The van der Waals surface area contributed by atoms with Gasteiger partial charge in [0.2, 0.25) is 0 Å². The second-order valence-electron chi connectivity index (χ2n) is 5.80. The SMILES string of the molecule is C=C/C(F)=C(\C(=C)F)C(=O)Nc1ccc(-c2cc(N)c(C=N)cc2C)cc1. The van der Waals surface area contributed by atoms with Crippen LogP contribution in [0.25, 0.3) is 11.1 Å². The molecule has 0 unspecified atom stereocenters. The van der Waals surface area contributed by atoms with E-state index < -0.39 is 23.1 Å². The summed E-state index contributed by atoms with van der Waals surface area (Å²) in [7, 11) is 0. The number of nitrogens with one attached hydrogen (secondary N) is 2. The average molecular weight is 367 g/mol. The molecule has 2 rings (SSSR count). The highest BCUT2D eigenvalue weighted by atomic mass is 19.1. The van der Waals surface area contributed by atoms with Gasteiger partial charge in [-0.15, -0.1) is 0 Å². The van der Waals surface area contributed by atoms with Gasteiger partial charge in [-0.1, -0.05) is 25.3 Å². The maximum atomic E-state index is 13.6. The number of carbonyl (C=O) groups is 1. The normalized spacial score (nSPS) is 11.4. The van der Waals surface area contributed by atoms with Crippen molar-refractivity contribution in [1.29, 1.82) is 5.41 Å². The number of nitrogen functional groups attached to an aromatic ring is 1. The molecule has 0 fully saturated rings. The number of carbonyl (C=O) groups excluding carboxylic acids is 1. The summed E-state index contributed by atoms with van der Waals surface area (Å²) >= 11 is 0. The molecule has 1 amide bonds. The van der Waals surface area contributed by atoms with Crippen LogP contribution in [0, 0.1) is 12.3 Å². The second kappa shape index (κ2) is 8.23. The van der Waals surface area contributed by atoms with E-state index in [1.807, 2.05) is 13.0 Å². The molecule has 0 aliphatic heterocycles. The number of halogens is 2. The Balaban J connectivity index is 2.30. The molecule has 138 valence electrons. The first kappa shape index (κ1) is 19.8. The van der Waals surface area contributed by atoms with Crippen molar-refractivity contribution in [2.75, 3.05) is 11.1 Å². The van der Waals surface area contributed by atoms with Gasteiger partial charge in [0.15, 0.2) is 0 Å². The van der Waals surface area contributed by atoms with Gasteiger partial charge in [0.1, 0.15) is 17.2 Å². The summed E-state index contributed by atoms with van der Waals surface area (Å²) in [5, 5.41) is 9.77. The van der Waals surface area contributed by atoms with Crippen LogP contribution >= 0.6 is 0 Å². The van der Waals surface area contributed by atoms with Crippen molar-refractivity contribution in [2.24, 2.45) is 0 Å². The van der Waals surface area contributed by atoms with Crippen molar-refractivity contribution in [3.63, 3.8) is 0 Å². The van der Waals surface area contributed by atoms with E-state index in [2.05, 4.69) is 18.5 Å². The van der Waals surface area contributed by atoms with Gasteiger partial charge in [0.05, 0.1) is 0 Å². The smallest absolute Gasteiger partial charge is 0.261 e. The number of allylic oxidation sites excluding steroid dienone is 2. The molecule has 0 atom stereocenters. The maximum absolute atomic E-state index is 13.6. The van der Waals surface area contributed by atoms with E-state index in [-0.39, 0.29) is 0 Å². The van der Waals surface area contributed by atoms with Crippen molar-refractivity contribution >= 4 is 23.5 Å². The van der Waals surface area contributed by atoms with E-state index in [1.165, 1.54) is 6.21 Å². The van der Waals surface area contributed by atoms with E-state index in [0.717, 1.165) is 22.8 Å². The Bertz CT molecular complexity index is 960. The lowest BCUT2D eigenvalue weighted by Crippen LogP contribution is -2.15. The van der Waals surface area contributed by atoms with E-state index in [4.69, 9.17) is 11.1 Å². The Morgan fingerprint density at radius 3 is 2.37 bits per heavy atom. The molecule has 0 heterocycles. The van der Waals surface area contributed by atoms with Gasteiger partial charge in [0, 0.05) is 23.2 Å². The van der Waals surface area contributed by atoms with Crippen LogP contribution in [0.2, 0.25) is 0 Å². The van der Waals surface area contributed by atoms with Crippen LogP contribution in [-0.4, -0.2) is 12.1 Å². The fourth-order valence-electron chi connectivity index (χ4n) is 2.57. The quantitative estimate of drug-likeness (QED) is 0.288. The van der Waals surface area contributed by atoms with E-state index in [9.17, 15) is 13.6 Å². The molecule has 0 aromatic heterocycles. The van der Waals surface area contributed by atoms with Crippen LogP contribution in [0.5, 0.6) is 0 Å². The van der Waals surface area contributed by atoms with Crippen LogP contribution < -0.4 is 11.1 Å². The molecular weight excluding hydrogens is 348 g/mol. The van der Waals surface area contributed by atoms with Crippen molar-refractivity contribution in [2.45, 2.75) is 6.92 Å². The van der Waals surface area contributed by atoms with Gasteiger partial charge < -0.3 is 16.5 Å². The first-order valence-electron chi connectivity index (χ1n) is 7.97. The summed E-state index contributed by atoms with van der Waals surface area (Å²) in [6, 6.07) is 10.3. The molecule has 0 spiro atoms. The van der Waals surface area contributed by atoms with Gasteiger partial charge in [-0.05, 0) is 54.0 Å². The third kappa shape index (κ3) is 4.36. The van der Waals surface area contributed by atoms with Gasteiger partial charge in [-0.3, -0.25) is 4.79 Å². The predicted octanol–water partition coefficient (Wildman–Crippen LogP) is 5.07. The zero-order valence-electron chi connectivity index (χ0n) is 14.8. The van der Waals surface area contributed by atoms with Crippen molar-refractivity contribution < 1.29 is 13.6 Å². The number of hydrogen-bond donors (Lipinski definition) is 3. The number of aryl methyl sites for hydroxylation is 1. The lowest BCUT2D eigenvalue weighted by molar-refractivity contribution is -0.112. The summed E-state index contributed by atoms with van der Waals surface area (Å²) in [5.41, 5.74) is 9.29. The summed E-state index contributed by atoms with van der Waals surface area (Å²) < 4.78 is 27.0. The van der Waals surface area contributed by atoms with Gasteiger partial charge >= 0.3 is 0 Å². The molecule has 4 N–H and O–H groups in total. The molecule has 27 heavy (non-hydrogen) atoms. The van der Waals surface area contributed by atoms with E-state index in [0.29, 0.717) is 16.9 Å².